The van der Waals surface area contributed by atoms with Crippen LogP contribution in [0.15, 0.2) is 285 Å². The molecule has 0 amide bonds. The summed E-state index contributed by atoms with van der Waals surface area (Å²) in [5.41, 5.74) is 24.9. The standard InChI is InChI=1S/C70H47BN4/c1-7-20-48(21-8-1)54-32-34-63-65(44-54)74(61-40-56(50-24-11-3-12-25-50)38-57(41-61)51-26-13-4-14-27-51)67-46-60(70-72-36-19-37-73-70)47-68-69(67)71(63)64-35-33-55(49-22-9-2-10-23-49)45-66(64)75(68)62-42-58(52-28-15-5-16-29-52)39-59(43-62)53-30-17-6-18-31-53/h1-47H. The maximum absolute atomic E-state index is 4.97. The second-order valence-corrected chi connectivity index (χ2v) is 19.4. The quantitative estimate of drug-likeness (QED) is 0.135. The molecular formula is C70H47BN4. The van der Waals surface area contributed by atoms with Gasteiger partial charge in [0.05, 0.1) is 0 Å². The minimum atomic E-state index is -0.135. The molecule has 1 aromatic heterocycles. The molecule has 0 fully saturated rings. The van der Waals surface area contributed by atoms with Gasteiger partial charge in [0.25, 0.3) is 6.71 Å². The molecule has 75 heavy (non-hydrogen) atoms. The normalized spacial score (nSPS) is 12.2. The Balaban J connectivity index is 1.11. The Morgan fingerprint density at radius 2 is 0.547 bits per heavy atom. The second kappa shape index (κ2) is 18.6. The molecular weight excluding hydrogens is 908 g/mol. The summed E-state index contributed by atoms with van der Waals surface area (Å²) < 4.78 is 0. The molecule has 0 aliphatic carbocycles. The molecule has 5 heteroatoms. The van der Waals surface area contributed by atoms with E-state index in [4.69, 9.17) is 9.97 Å². The highest BCUT2D eigenvalue weighted by Crippen LogP contribution is 2.49. The van der Waals surface area contributed by atoms with E-state index in [1.807, 2.05) is 18.5 Å². The van der Waals surface area contributed by atoms with E-state index in [0.717, 1.165) is 106 Å². The van der Waals surface area contributed by atoms with E-state index in [1.165, 1.54) is 16.4 Å². The fraction of sp³-hybridized carbons (Fsp3) is 0. The van der Waals surface area contributed by atoms with Crippen molar-refractivity contribution in [3.8, 4) is 78.1 Å². The van der Waals surface area contributed by atoms with Crippen molar-refractivity contribution in [2.24, 2.45) is 0 Å². The van der Waals surface area contributed by atoms with Gasteiger partial charge in [-0.05, 0) is 150 Å². The van der Waals surface area contributed by atoms with Crippen molar-refractivity contribution < 1.29 is 0 Å². The van der Waals surface area contributed by atoms with Gasteiger partial charge in [0, 0.05) is 52.1 Å². The summed E-state index contributed by atoms with van der Waals surface area (Å²) in [6.45, 7) is -0.135. The number of hydrogen-bond acceptors (Lipinski definition) is 4. The molecule has 0 N–H and O–H groups in total. The lowest BCUT2D eigenvalue weighted by Gasteiger charge is -2.45. The molecule has 350 valence electrons. The third-order valence-corrected chi connectivity index (χ3v) is 14.9. The molecule has 0 saturated carbocycles. The van der Waals surface area contributed by atoms with Crippen molar-refractivity contribution in [1.82, 2.24) is 9.97 Å². The molecule has 0 atom stereocenters. The van der Waals surface area contributed by atoms with Crippen LogP contribution in [-0.2, 0) is 0 Å². The van der Waals surface area contributed by atoms with Gasteiger partial charge < -0.3 is 9.80 Å². The zero-order valence-electron chi connectivity index (χ0n) is 41.0. The first kappa shape index (κ1) is 43.9. The fourth-order valence-corrected chi connectivity index (χ4v) is 11.4. The molecule has 4 nitrogen and oxygen atoms in total. The van der Waals surface area contributed by atoms with Crippen LogP contribution in [0.1, 0.15) is 0 Å². The molecule has 0 bridgehead atoms. The van der Waals surface area contributed by atoms with E-state index < -0.39 is 0 Å². The van der Waals surface area contributed by atoms with E-state index in [-0.39, 0.29) is 6.71 Å². The Morgan fingerprint density at radius 3 is 0.880 bits per heavy atom. The van der Waals surface area contributed by atoms with Gasteiger partial charge >= 0.3 is 0 Å². The van der Waals surface area contributed by atoms with Crippen LogP contribution in [0, 0.1) is 0 Å². The molecule has 2 aliphatic rings. The van der Waals surface area contributed by atoms with Gasteiger partial charge in [0.1, 0.15) is 0 Å². The summed E-state index contributed by atoms with van der Waals surface area (Å²) in [5, 5.41) is 0. The van der Waals surface area contributed by atoms with E-state index in [0.29, 0.717) is 5.82 Å². The maximum Gasteiger partial charge on any atom is 0.252 e. The fourth-order valence-electron chi connectivity index (χ4n) is 11.4. The lowest BCUT2D eigenvalue weighted by atomic mass is 9.33. The van der Waals surface area contributed by atoms with Crippen LogP contribution in [0.2, 0.25) is 0 Å². The SMILES string of the molecule is c1ccc(-c2cc(-c3ccccc3)cc(N3c4cc(-c5ccccc5)ccc4B4c5ccc(-c6ccccc6)cc5N(c5cc(-c6ccccc6)cc(-c6ccccc6)c5)c5cc(-c6ncccn6)cc3c54)c2)cc1. The van der Waals surface area contributed by atoms with Crippen LogP contribution >= 0.6 is 0 Å². The van der Waals surface area contributed by atoms with Gasteiger partial charge in [-0.15, -0.1) is 0 Å². The van der Waals surface area contributed by atoms with Crippen molar-refractivity contribution in [2.75, 3.05) is 9.80 Å². The number of rotatable bonds is 9. The minimum absolute atomic E-state index is 0.135. The van der Waals surface area contributed by atoms with Crippen LogP contribution in [0.3, 0.4) is 0 Å². The first-order valence-electron chi connectivity index (χ1n) is 25.6. The zero-order valence-corrected chi connectivity index (χ0v) is 41.0. The zero-order chi connectivity index (χ0) is 49.7. The topological polar surface area (TPSA) is 32.3 Å². The number of hydrogen-bond donors (Lipinski definition) is 0. The highest BCUT2D eigenvalue weighted by molar-refractivity contribution is 7.00. The first-order chi connectivity index (χ1) is 37.2. The summed E-state index contributed by atoms with van der Waals surface area (Å²) in [7, 11) is 0. The van der Waals surface area contributed by atoms with Crippen molar-refractivity contribution in [1.29, 1.82) is 0 Å². The Kier molecular flexibility index (Phi) is 10.9. The third kappa shape index (κ3) is 7.99. The largest absolute Gasteiger partial charge is 0.311 e. The van der Waals surface area contributed by atoms with Crippen LogP contribution < -0.4 is 26.2 Å². The molecule has 0 saturated heterocycles. The predicted octanol–water partition coefficient (Wildman–Crippen LogP) is 16.2. The molecule has 3 heterocycles. The average Bonchev–Trinajstić information content (AvgIpc) is 3.50. The van der Waals surface area contributed by atoms with Crippen molar-refractivity contribution in [2.45, 2.75) is 0 Å². The Hall–Kier alpha value is -9.84. The van der Waals surface area contributed by atoms with Crippen LogP contribution in [-0.4, -0.2) is 16.7 Å². The highest BCUT2D eigenvalue weighted by Gasteiger charge is 2.44. The molecule has 12 aromatic rings. The van der Waals surface area contributed by atoms with Crippen LogP contribution in [0.5, 0.6) is 0 Å². The summed E-state index contributed by atoms with van der Waals surface area (Å²) >= 11 is 0. The van der Waals surface area contributed by atoms with Gasteiger partial charge in [0.2, 0.25) is 0 Å². The number of nitrogens with zero attached hydrogens (tertiary/aromatic N) is 4. The summed E-state index contributed by atoms with van der Waals surface area (Å²) in [6, 6.07) is 99.6. The second-order valence-electron chi connectivity index (χ2n) is 19.4. The molecule has 0 spiro atoms. The van der Waals surface area contributed by atoms with Crippen molar-refractivity contribution in [3.63, 3.8) is 0 Å². The summed E-state index contributed by atoms with van der Waals surface area (Å²) in [6.07, 6.45) is 3.69. The van der Waals surface area contributed by atoms with E-state index >= 15 is 0 Å². The minimum Gasteiger partial charge on any atom is -0.311 e. The van der Waals surface area contributed by atoms with Gasteiger partial charge in [-0.2, -0.15) is 0 Å². The number of fused-ring (bicyclic) bond motifs is 4. The Labute approximate surface area is 438 Å². The van der Waals surface area contributed by atoms with Gasteiger partial charge in [-0.1, -0.05) is 206 Å². The number of anilines is 6. The summed E-state index contributed by atoms with van der Waals surface area (Å²) in [4.78, 5) is 15.0. The van der Waals surface area contributed by atoms with E-state index in [2.05, 4.69) is 277 Å². The first-order valence-corrected chi connectivity index (χ1v) is 25.6. The van der Waals surface area contributed by atoms with E-state index in [9.17, 15) is 0 Å². The Morgan fingerprint density at radius 1 is 0.240 bits per heavy atom. The third-order valence-electron chi connectivity index (χ3n) is 14.9. The molecule has 0 unspecified atom stereocenters. The smallest absolute Gasteiger partial charge is 0.252 e. The van der Waals surface area contributed by atoms with Gasteiger partial charge in [-0.25, -0.2) is 9.97 Å². The molecule has 0 radical (unpaired) electrons. The van der Waals surface area contributed by atoms with E-state index in [1.54, 1.807) is 0 Å². The van der Waals surface area contributed by atoms with Gasteiger partial charge in [-0.3, -0.25) is 0 Å². The highest BCUT2D eigenvalue weighted by atomic mass is 15.2. The maximum atomic E-state index is 4.97. The van der Waals surface area contributed by atoms with Crippen molar-refractivity contribution in [3.05, 3.63) is 285 Å². The number of aromatic nitrogens is 2. The Bertz CT molecular complexity index is 3680. The van der Waals surface area contributed by atoms with Gasteiger partial charge in [0.15, 0.2) is 5.82 Å². The molecule has 11 aromatic carbocycles. The predicted molar refractivity (Wildman–Crippen MR) is 314 cm³/mol. The molecule has 14 rings (SSSR count). The summed E-state index contributed by atoms with van der Waals surface area (Å²) in [5.74, 6) is 0.659. The monoisotopic (exact) mass is 954 g/mol. The van der Waals surface area contributed by atoms with Crippen LogP contribution in [0.25, 0.3) is 78.1 Å². The average molecular weight is 955 g/mol. The van der Waals surface area contributed by atoms with Crippen molar-refractivity contribution >= 4 is 57.2 Å². The lowest BCUT2D eigenvalue weighted by Crippen LogP contribution is -2.61. The lowest BCUT2D eigenvalue weighted by molar-refractivity contribution is 1.17. The molecule has 2 aliphatic heterocycles. The number of benzene rings is 11. The van der Waals surface area contributed by atoms with Crippen LogP contribution in [0.4, 0.5) is 34.1 Å².